The summed E-state index contributed by atoms with van der Waals surface area (Å²) in [6, 6.07) is 128. The molecular weight excluding hydrogens is 1500 g/mol. The Morgan fingerprint density at radius 3 is 0.727 bits per heavy atom. The van der Waals surface area contributed by atoms with Crippen molar-refractivity contribution in [1.82, 2.24) is 0 Å². The average Bonchev–Trinajstić information content (AvgIpc) is 1.55. The molecule has 0 saturated heterocycles. The molecule has 2 aliphatic heterocycles. The predicted molar refractivity (Wildman–Crippen MR) is 377 cm³/mol. The minimum atomic E-state index is -2.35. The quantitative estimate of drug-likeness (QED) is 0.0554. The minimum absolute atomic E-state index is 0. The fraction of sp³-hybridized carbons (Fsp3) is 0. The third kappa shape index (κ3) is 11.6. The molecule has 15 rings (SSSR count). The largest absolute Gasteiger partial charge is 1.00 e. The van der Waals surface area contributed by atoms with E-state index in [1.807, 2.05) is 12.1 Å². The topological polar surface area (TPSA) is 0 Å². The summed E-state index contributed by atoms with van der Waals surface area (Å²) in [7, 11) is -6.98. The maximum atomic E-state index is 7.58. The molecule has 0 atom stereocenters. The standard InChI is InChI=1S/C30H24P2.2C26H17Si.2Au/c1-5-15-25(16-6-1)31(26-17-7-2-8-18-26)29-23-13-14-24-30(29)32(27-19-9-3-10-20-27)28-21-11-4-12-22-28;2*1-2-20-17-18-26-24(19-20)23-15-9-10-16-25(23)27(26,21-11-5-3-6-12-21)22-13-7-4-8-14-22;;/h1-24H;2*3-19H;;/q;2*-1;2*+1/p+2. The van der Waals surface area contributed by atoms with Crippen LogP contribution in [0, 0.1) is 24.7 Å². The van der Waals surface area contributed by atoms with Crippen LogP contribution in [0.1, 0.15) is 11.1 Å². The summed E-state index contributed by atoms with van der Waals surface area (Å²) >= 11 is 0. The summed E-state index contributed by atoms with van der Waals surface area (Å²) < 4.78 is 0. The molecular formula is C82H60Au2P2Si2+2. The van der Waals surface area contributed by atoms with E-state index in [2.05, 4.69) is 352 Å². The van der Waals surface area contributed by atoms with E-state index in [0.717, 1.165) is 11.1 Å². The van der Waals surface area contributed by atoms with Gasteiger partial charge in [0.05, 0.1) is 0 Å². The fourth-order valence-corrected chi connectivity index (χ4v) is 29.7. The molecule has 88 heavy (non-hydrogen) atoms. The van der Waals surface area contributed by atoms with Crippen LogP contribution in [0.2, 0.25) is 0 Å². The number of rotatable bonds is 10. The van der Waals surface area contributed by atoms with Crippen molar-refractivity contribution in [3.05, 3.63) is 376 Å². The Labute approximate surface area is 555 Å². The maximum Gasteiger partial charge on any atom is 1.00 e. The van der Waals surface area contributed by atoms with Crippen molar-refractivity contribution in [2.45, 2.75) is 0 Å². The van der Waals surface area contributed by atoms with E-state index < -0.39 is 32.0 Å². The summed E-state index contributed by atoms with van der Waals surface area (Å²) in [6.07, 6.45) is 15.2. The molecule has 6 heteroatoms. The van der Waals surface area contributed by atoms with E-state index in [1.54, 1.807) is 0 Å². The Hall–Kier alpha value is -8.25. The van der Waals surface area contributed by atoms with E-state index in [4.69, 9.17) is 12.8 Å². The van der Waals surface area contributed by atoms with Crippen molar-refractivity contribution in [3.63, 3.8) is 0 Å². The first-order valence-corrected chi connectivity index (χ1v) is 36.2. The van der Waals surface area contributed by atoms with Crippen LogP contribution in [0.3, 0.4) is 0 Å². The summed E-state index contributed by atoms with van der Waals surface area (Å²) in [5.74, 6) is 5.12. The van der Waals surface area contributed by atoms with Gasteiger partial charge in [0.2, 0.25) is 0 Å². The number of fused-ring (bicyclic) bond motifs is 6. The molecule has 0 N–H and O–H groups in total. The molecule has 0 saturated carbocycles. The van der Waals surface area contributed by atoms with E-state index in [-0.39, 0.29) is 44.8 Å². The van der Waals surface area contributed by atoms with Crippen molar-refractivity contribution in [3.8, 4) is 34.1 Å². The molecule has 0 aromatic heterocycles. The van der Waals surface area contributed by atoms with Crippen molar-refractivity contribution in [1.29, 1.82) is 0 Å². The Morgan fingerprint density at radius 2 is 0.455 bits per heavy atom. The predicted octanol–water partition coefficient (Wildman–Crippen LogP) is 10.6. The number of benzene rings is 13. The van der Waals surface area contributed by atoms with Gasteiger partial charge >= 0.3 is 44.8 Å². The molecule has 13 aromatic carbocycles. The van der Waals surface area contributed by atoms with E-state index in [0.29, 0.717) is 0 Å². The summed E-state index contributed by atoms with van der Waals surface area (Å²) in [5, 5.41) is 20.0. The fourth-order valence-electron chi connectivity index (χ4n) is 13.3. The molecule has 0 bridgehead atoms. The normalized spacial score (nSPS) is 12.3. The first-order valence-electron chi connectivity index (χ1n) is 29.2. The van der Waals surface area contributed by atoms with Crippen LogP contribution in [0.5, 0.6) is 0 Å². The zero-order valence-electron chi connectivity index (χ0n) is 48.1. The number of hydrogen-bond donors (Lipinski definition) is 0. The van der Waals surface area contributed by atoms with Crippen LogP contribution in [0.4, 0.5) is 0 Å². The van der Waals surface area contributed by atoms with Crippen LogP contribution in [-0.4, -0.2) is 16.1 Å². The van der Waals surface area contributed by atoms with Crippen LogP contribution in [0.15, 0.2) is 352 Å². The van der Waals surface area contributed by atoms with Gasteiger partial charge < -0.3 is 12.8 Å². The van der Waals surface area contributed by atoms with E-state index in [9.17, 15) is 0 Å². The molecule has 0 fully saturated rings. The monoisotopic (exact) mass is 1560 g/mol. The van der Waals surface area contributed by atoms with Crippen molar-refractivity contribution in [2.24, 2.45) is 0 Å². The minimum Gasteiger partial charge on any atom is -0.366 e. The van der Waals surface area contributed by atoms with Crippen LogP contribution >= 0.6 is 15.8 Å². The molecule has 2 aliphatic rings. The van der Waals surface area contributed by atoms with E-state index >= 15 is 0 Å². The van der Waals surface area contributed by atoms with Gasteiger partial charge in [-0.15, -0.1) is 35.4 Å². The van der Waals surface area contributed by atoms with E-state index in [1.165, 1.54) is 95.6 Å². The van der Waals surface area contributed by atoms with Gasteiger partial charge in [0.25, 0.3) is 0 Å². The molecule has 0 amide bonds. The summed E-state index contributed by atoms with van der Waals surface area (Å²) in [6.45, 7) is 0. The van der Waals surface area contributed by atoms with Gasteiger partial charge in [-0.2, -0.15) is 0 Å². The zero-order chi connectivity index (χ0) is 58.1. The molecule has 0 aliphatic carbocycles. The molecule has 0 nitrogen and oxygen atoms in total. The Morgan fingerprint density at radius 1 is 0.227 bits per heavy atom. The Balaban J connectivity index is 0.000000136. The van der Waals surface area contributed by atoms with Gasteiger partial charge in [-0.3, -0.25) is 11.8 Å². The van der Waals surface area contributed by atoms with Crippen LogP contribution in [-0.2, 0) is 44.8 Å². The van der Waals surface area contributed by atoms with Gasteiger partial charge in [0.15, 0.2) is 16.1 Å². The molecule has 0 unspecified atom stereocenters. The van der Waals surface area contributed by atoms with Crippen molar-refractivity contribution < 1.29 is 44.8 Å². The Kier molecular flexibility index (Phi) is 19.7. The second-order valence-electron chi connectivity index (χ2n) is 21.6. The first kappa shape index (κ1) is 61.4. The second-order valence-corrected chi connectivity index (χ2v) is 33.9. The first-order chi connectivity index (χ1) is 42.6. The van der Waals surface area contributed by atoms with Gasteiger partial charge in [-0.1, -0.05) is 267 Å². The zero-order valence-corrected chi connectivity index (χ0v) is 56.4. The average molecular weight is 1560 g/mol. The Bertz CT molecular complexity index is 4090. The smallest absolute Gasteiger partial charge is 0.366 e. The van der Waals surface area contributed by atoms with Gasteiger partial charge in [0.1, 0.15) is 47.7 Å². The van der Waals surface area contributed by atoms with Gasteiger partial charge in [0, 0.05) is 0 Å². The third-order valence-electron chi connectivity index (χ3n) is 16.9. The maximum absolute atomic E-state index is 7.58. The molecule has 0 spiro atoms. The van der Waals surface area contributed by atoms with Crippen LogP contribution < -0.4 is 73.3 Å². The van der Waals surface area contributed by atoms with Gasteiger partial charge in [-0.25, -0.2) is 0 Å². The molecule has 426 valence electrons. The third-order valence-corrected chi connectivity index (χ3v) is 32.5. The van der Waals surface area contributed by atoms with Gasteiger partial charge in [-0.05, 0) is 124 Å². The summed E-state index contributed by atoms with van der Waals surface area (Å²) in [5.41, 5.74) is 6.75. The molecule has 13 aromatic rings. The number of hydrogen-bond acceptors (Lipinski definition) is 0. The van der Waals surface area contributed by atoms with Crippen molar-refractivity contribution in [2.75, 3.05) is 0 Å². The molecule has 0 radical (unpaired) electrons. The summed E-state index contributed by atoms with van der Waals surface area (Å²) in [4.78, 5) is 0. The van der Waals surface area contributed by atoms with Crippen LogP contribution in [0.25, 0.3) is 22.3 Å². The van der Waals surface area contributed by atoms with Crippen molar-refractivity contribution >= 4 is 105 Å². The molecule has 2 heterocycles. The SMILES string of the molecule is [Au+].[Au+].[C-]#Cc1ccc2c(c1)-c1ccccc1[Si]2(c1ccccc1)c1ccccc1.[C-]#Cc1ccc2c(c1)-c1ccccc1[Si]2(c1ccccc1)c1ccccc1.c1ccc([PH+](c2ccccc2)c2ccccc2[PH+](c2ccccc2)c2ccccc2)cc1. The second kappa shape index (κ2) is 28.3.